The highest BCUT2D eigenvalue weighted by Gasteiger charge is 2.24. The van der Waals surface area contributed by atoms with Crippen molar-refractivity contribution in [2.75, 3.05) is 19.7 Å². The lowest BCUT2D eigenvalue weighted by Gasteiger charge is -2.20. The summed E-state index contributed by atoms with van der Waals surface area (Å²) in [4.78, 5) is 26.8. The van der Waals surface area contributed by atoms with Crippen LogP contribution in [0.4, 0.5) is 0 Å². The van der Waals surface area contributed by atoms with Crippen LogP contribution in [0, 0.1) is 0 Å². The Labute approximate surface area is 159 Å². The fourth-order valence-electron chi connectivity index (χ4n) is 3.86. The molecule has 0 amide bonds. The zero-order valence-corrected chi connectivity index (χ0v) is 15.5. The van der Waals surface area contributed by atoms with Gasteiger partial charge in [-0.2, -0.15) is 0 Å². The molecule has 2 heterocycles. The molecular weight excluding hydrogens is 338 g/mol. The minimum Gasteiger partial charge on any atom is -0.492 e. The van der Waals surface area contributed by atoms with Gasteiger partial charge in [0.2, 0.25) is 0 Å². The van der Waals surface area contributed by atoms with Crippen molar-refractivity contribution in [3.05, 3.63) is 77.0 Å². The SMILES string of the molecule is C/C(=C\C(=O)c1ccc2c(c1)OCCC2=O)N1CCC(c2ccccc2)C1. The van der Waals surface area contributed by atoms with E-state index < -0.39 is 0 Å². The van der Waals surface area contributed by atoms with Gasteiger partial charge in [0, 0.05) is 42.8 Å². The lowest BCUT2D eigenvalue weighted by atomic mass is 9.99. The summed E-state index contributed by atoms with van der Waals surface area (Å²) in [6.45, 7) is 4.26. The second-order valence-corrected chi connectivity index (χ2v) is 7.22. The maximum atomic E-state index is 12.7. The van der Waals surface area contributed by atoms with Crippen LogP contribution in [0.2, 0.25) is 0 Å². The third kappa shape index (κ3) is 3.65. The van der Waals surface area contributed by atoms with Crippen molar-refractivity contribution < 1.29 is 14.3 Å². The van der Waals surface area contributed by atoms with E-state index in [1.165, 1.54) is 5.56 Å². The van der Waals surface area contributed by atoms with Crippen molar-refractivity contribution in [1.82, 2.24) is 4.90 Å². The van der Waals surface area contributed by atoms with Gasteiger partial charge in [-0.15, -0.1) is 0 Å². The molecule has 0 bridgehead atoms. The molecule has 4 nitrogen and oxygen atoms in total. The van der Waals surface area contributed by atoms with Crippen LogP contribution >= 0.6 is 0 Å². The number of fused-ring (bicyclic) bond motifs is 1. The summed E-state index contributed by atoms with van der Waals surface area (Å²) in [5, 5.41) is 0. The molecule has 2 aromatic rings. The molecule has 2 aliphatic rings. The summed E-state index contributed by atoms with van der Waals surface area (Å²) in [6, 6.07) is 15.6. The average molecular weight is 361 g/mol. The topological polar surface area (TPSA) is 46.6 Å². The first-order valence-corrected chi connectivity index (χ1v) is 9.44. The maximum Gasteiger partial charge on any atom is 0.187 e. The third-order valence-corrected chi connectivity index (χ3v) is 5.45. The summed E-state index contributed by atoms with van der Waals surface area (Å²) in [5.41, 5.74) is 3.47. The molecule has 1 unspecified atom stereocenters. The second kappa shape index (κ2) is 7.39. The van der Waals surface area contributed by atoms with E-state index in [9.17, 15) is 9.59 Å². The number of rotatable bonds is 4. The Morgan fingerprint density at radius 1 is 1.19 bits per heavy atom. The Balaban J connectivity index is 1.47. The Morgan fingerprint density at radius 3 is 2.81 bits per heavy atom. The molecule has 1 saturated heterocycles. The van der Waals surface area contributed by atoms with E-state index in [0.717, 1.165) is 25.2 Å². The van der Waals surface area contributed by atoms with Gasteiger partial charge < -0.3 is 9.64 Å². The van der Waals surface area contributed by atoms with E-state index in [-0.39, 0.29) is 11.6 Å². The third-order valence-electron chi connectivity index (χ3n) is 5.45. The molecule has 2 aromatic carbocycles. The Kier molecular flexibility index (Phi) is 4.80. The first-order chi connectivity index (χ1) is 13.1. The number of ketones is 2. The Morgan fingerprint density at radius 2 is 2.00 bits per heavy atom. The number of benzene rings is 2. The molecule has 0 radical (unpaired) electrons. The average Bonchev–Trinajstić information content (AvgIpc) is 3.19. The van der Waals surface area contributed by atoms with E-state index in [1.54, 1.807) is 24.3 Å². The van der Waals surface area contributed by atoms with Gasteiger partial charge in [-0.05, 0) is 31.0 Å². The van der Waals surface area contributed by atoms with Gasteiger partial charge >= 0.3 is 0 Å². The van der Waals surface area contributed by atoms with Crippen molar-refractivity contribution >= 4 is 11.6 Å². The van der Waals surface area contributed by atoms with E-state index in [1.807, 2.05) is 13.0 Å². The van der Waals surface area contributed by atoms with Gasteiger partial charge in [0.05, 0.1) is 12.2 Å². The van der Waals surface area contributed by atoms with Crippen LogP contribution in [-0.2, 0) is 0 Å². The van der Waals surface area contributed by atoms with Gasteiger partial charge in [-0.1, -0.05) is 36.4 Å². The lowest BCUT2D eigenvalue weighted by Crippen LogP contribution is -2.19. The second-order valence-electron chi connectivity index (χ2n) is 7.22. The van der Waals surface area contributed by atoms with Gasteiger partial charge in [0.15, 0.2) is 11.6 Å². The standard InChI is InChI=1S/C23H23NO3/c1-16(24-11-9-19(15-24)17-5-3-2-4-6-17)13-22(26)18-7-8-20-21(25)10-12-27-23(20)14-18/h2-8,13-14,19H,9-12,15H2,1H3/b16-13+. The number of ether oxygens (including phenoxy) is 1. The van der Waals surface area contributed by atoms with Gasteiger partial charge in [-0.3, -0.25) is 9.59 Å². The van der Waals surface area contributed by atoms with E-state index in [4.69, 9.17) is 4.74 Å². The van der Waals surface area contributed by atoms with E-state index in [2.05, 4.69) is 29.2 Å². The minimum absolute atomic E-state index is 0.0555. The number of likely N-dealkylation sites (tertiary alicyclic amines) is 1. The number of carbonyl (C=O) groups excluding carboxylic acids is 2. The summed E-state index contributed by atoms with van der Waals surface area (Å²) >= 11 is 0. The fraction of sp³-hybridized carbons (Fsp3) is 0.304. The number of hydrogen-bond acceptors (Lipinski definition) is 4. The van der Waals surface area contributed by atoms with Crippen molar-refractivity contribution in [1.29, 1.82) is 0 Å². The molecule has 4 rings (SSSR count). The predicted molar refractivity (Wildman–Crippen MR) is 104 cm³/mol. The highest BCUT2D eigenvalue weighted by molar-refractivity contribution is 6.07. The van der Waals surface area contributed by atoms with Crippen LogP contribution in [-0.4, -0.2) is 36.2 Å². The van der Waals surface area contributed by atoms with Gasteiger partial charge in [0.25, 0.3) is 0 Å². The molecule has 1 atom stereocenters. The minimum atomic E-state index is -0.0555. The molecule has 2 aliphatic heterocycles. The molecule has 1 fully saturated rings. The molecule has 0 aromatic heterocycles. The smallest absolute Gasteiger partial charge is 0.187 e. The van der Waals surface area contributed by atoms with Gasteiger partial charge in [-0.25, -0.2) is 0 Å². The molecule has 138 valence electrons. The summed E-state index contributed by atoms with van der Waals surface area (Å²) < 4.78 is 5.55. The molecule has 27 heavy (non-hydrogen) atoms. The first-order valence-electron chi connectivity index (χ1n) is 9.44. The van der Waals surface area contributed by atoms with Crippen molar-refractivity contribution in [2.24, 2.45) is 0 Å². The molecule has 0 N–H and O–H groups in total. The normalized spacial score (nSPS) is 19.6. The number of nitrogens with zero attached hydrogens (tertiary/aromatic N) is 1. The predicted octanol–water partition coefficient (Wildman–Crippen LogP) is 4.23. The molecule has 4 heteroatoms. The number of carbonyl (C=O) groups is 2. The van der Waals surface area contributed by atoms with Crippen molar-refractivity contribution in [2.45, 2.75) is 25.7 Å². The Hall–Kier alpha value is -2.88. The quantitative estimate of drug-likeness (QED) is 0.604. The van der Waals surface area contributed by atoms with Crippen LogP contribution in [0.25, 0.3) is 0 Å². The molecule has 0 saturated carbocycles. The zero-order chi connectivity index (χ0) is 18.8. The maximum absolute atomic E-state index is 12.7. The van der Waals surface area contributed by atoms with E-state index in [0.29, 0.717) is 35.8 Å². The van der Waals surface area contributed by atoms with Crippen LogP contribution in [0.1, 0.15) is 52.0 Å². The number of Topliss-reactive ketones (excluding diaryl/α,β-unsaturated/α-hetero) is 1. The highest BCUT2D eigenvalue weighted by atomic mass is 16.5. The fourth-order valence-corrected chi connectivity index (χ4v) is 3.86. The molecule has 0 spiro atoms. The van der Waals surface area contributed by atoms with E-state index >= 15 is 0 Å². The van der Waals surface area contributed by atoms with Crippen LogP contribution in [0.15, 0.2) is 60.3 Å². The number of hydrogen-bond donors (Lipinski definition) is 0. The van der Waals surface area contributed by atoms with Crippen LogP contribution in [0.3, 0.4) is 0 Å². The highest BCUT2D eigenvalue weighted by Crippen LogP contribution is 2.30. The summed E-state index contributed by atoms with van der Waals surface area (Å²) in [6.07, 6.45) is 3.19. The molecule has 0 aliphatic carbocycles. The van der Waals surface area contributed by atoms with Crippen molar-refractivity contribution in [3.63, 3.8) is 0 Å². The van der Waals surface area contributed by atoms with Crippen molar-refractivity contribution in [3.8, 4) is 5.75 Å². The Bertz CT molecular complexity index is 901. The molecular formula is C23H23NO3. The first kappa shape index (κ1) is 17.5. The van der Waals surface area contributed by atoms with Crippen LogP contribution in [0.5, 0.6) is 5.75 Å². The monoisotopic (exact) mass is 361 g/mol. The lowest BCUT2D eigenvalue weighted by molar-refractivity contribution is 0.0931. The zero-order valence-electron chi connectivity index (χ0n) is 15.5. The number of allylic oxidation sites excluding steroid dienone is 2. The summed E-state index contributed by atoms with van der Waals surface area (Å²) in [7, 11) is 0. The van der Waals surface area contributed by atoms with Crippen LogP contribution < -0.4 is 4.74 Å². The largest absolute Gasteiger partial charge is 0.492 e. The summed E-state index contributed by atoms with van der Waals surface area (Å²) in [5.74, 6) is 1.05. The van der Waals surface area contributed by atoms with Gasteiger partial charge in [0.1, 0.15) is 5.75 Å².